The minimum absolute atomic E-state index is 0.0955. The number of sulfonamides is 1. The van der Waals surface area contributed by atoms with Gasteiger partial charge in [-0.15, -0.1) is 0 Å². The van der Waals surface area contributed by atoms with Gasteiger partial charge in [-0.25, -0.2) is 12.7 Å². The topological polar surface area (TPSA) is 84.9 Å². The molecule has 7 nitrogen and oxygen atoms in total. The first-order valence-electron chi connectivity index (χ1n) is 11.4. The van der Waals surface area contributed by atoms with Crippen molar-refractivity contribution in [3.63, 3.8) is 0 Å². The maximum absolute atomic E-state index is 12.9. The van der Waals surface area contributed by atoms with E-state index in [0.29, 0.717) is 37.3 Å². The van der Waals surface area contributed by atoms with Crippen LogP contribution < -0.4 is 14.8 Å². The Labute approximate surface area is 197 Å². The van der Waals surface area contributed by atoms with Crippen LogP contribution in [0.4, 0.5) is 0 Å². The number of hydrogen-bond acceptors (Lipinski definition) is 5. The molecule has 0 aliphatic carbocycles. The van der Waals surface area contributed by atoms with Gasteiger partial charge in [-0.3, -0.25) is 4.79 Å². The van der Waals surface area contributed by atoms with Gasteiger partial charge in [-0.1, -0.05) is 36.4 Å². The number of hydrogen-bond donors (Lipinski definition) is 1. The van der Waals surface area contributed by atoms with Crippen LogP contribution in [0.5, 0.6) is 11.5 Å². The average molecular weight is 475 g/mol. The summed E-state index contributed by atoms with van der Waals surface area (Å²) in [4.78, 5) is 12.9. The van der Waals surface area contributed by atoms with Gasteiger partial charge in [-0.05, 0) is 55.9 Å². The summed E-state index contributed by atoms with van der Waals surface area (Å²) in [6.45, 7) is 2.61. The van der Waals surface area contributed by atoms with Gasteiger partial charge in [0.2, 0.25) is 15.9 Å². The summed E-state index contributed by atoms with van der Waals surface area (Å²) in [5.41, 5.74) is 2.02. The number of carbonyl (C=O) groups excluding carboxylic acids is 1. The van der Waals surface area contributed by atoms with Crippen molar-refractivity contribution in [3.8, 4) is 11.5 Å². The molecule has 0 aromatic heterocycles. The number of ether oxygens (including phenoxy) is 2. The van der Waals surface area contributed by atoms with Gasteiger partial charge >= 0.3 is 0 Å². The molecule has 1 fully saturated rings. The summed E-state index contributed by atoms with van der Waals surface area (Å²) < 4.78 is 37.9. The molecule has 1 heterocycles. The Morgan fingerprint density at radius 2 is 1.85 bits per heavy atom. The van der Waals surface area contributed by atoms with Crippen molar-refractivity contribution in [2.45, 2.75) is 38.6 Å². The lowest BCUT2D eigenvalue weighted by atomic mass is 9.98. The molecule has 0 saturated carbocycles. The Balaban J connectivity index is 1.56. The molecule has 2 atom stereocenters. The molecule has 3 rings (SSSR count). The van der Waals surface area contributed by atoms with E-state index in [1.165, 1.54) is 4.31 Å². The molecule has 0 unspecified atom stereocenters. The van der Waals surface area contributed by atoms with E-state index >= 15 is 0 Å². The van der Waals surface area contributed by atoms with E-state index in [4.69, 9.17) is 9.47 Å². The van der Waals surface area contributed by atoms with Crippen molar-refractivity contribution < 1.29 is 22.7 Å². The molecule has 180 valence electrons. The number of nitrogens with zero attached hydrogens (tertiary/aromatic N) is 1. The fourth-order valence-electron chi connectivity index (χ4n) is 4.18. The molecule has 0 bridgehead atoms. The molecule has 1 amide bonds. The van der Waals surface area contributed by atoms with Gasteiger partial charge in [0.1, 0.15) is 0 Å². The van der Waals surface area contributed by atoms with Crippen molar-refractivity contribution in [1.82, 2.24) is 9.62 Å². The summed E-state index contributed by atoms with van der Waals surface area (Å²) in [6.07, 6.45) is 2.65. The van der Waals surface area contributed by atoms with Crippen molar-refractivity contribution in [2.75, 3.05) is 33.1 Å². The Bertz CT molecular complexity index is 1030. The minimum atomic E-state index is -3.39. The highest BCUT2D eigenvalue weighted by Crippen LogP contribution is 2.30. The van der Waals surface area contributed by atoms with Gasteiger partial charge in [-0.2, -0.15) is 0 Å². The van der Waals surface area contributed by atoms with Gasteiger partial charge in [0.05, 0.1) is 31.9 Å². The Morgan fingerprint density at radius 1 is 1.12 bits per heavy atom. The first kappa shape index (κ1) is 25.1. The van der Waals surface area contributed by atoms with Crippen molar-refractivity contribution in [1.29, 1.82) is 0 Å². The largest absolute Gasteiger partial charge is 0.493 e. The van der Waals surface area contributed by atoms with Crippen molar-refractivity contribution in [2.24, 2.45) is 5.92 Å². The predicted octanol–water partition coefficient (Wildman–Crippen LogP) is 3.56. The van der Waals surface area contributed by atoms with Crippen LogP contribution in [0.2, 0.25) is 0 Å². The van der Waals surface area contributed by atoms with Gasteiger partial charge < -0.3 is 14.8 Å². The number of amides is 1. The van der Waals surface area contributed by atoms with E-state index in [9.17, 15) is 13.2 Å². The standard InChI is InChI=1S/C25H34N2O5S/c1-19(21-13-14-23(31-2)24(17-21)32-3)26-25(28)22-12-7-15-27(18-22)33(29,30)16-8-11-20-9-5-4-6-10-20/h4-6,9-10,13-14,17,19,22H,7-8,11-12,15-16,18H2,1-3H3,(H,26,28)/t19-,22+/m0/s1. The Kier molecular flexibility index (Phi) is 8.74. The van der Waals surface area contributed by atoms with Crippen LogP contribution in [0.3, 0.4) is 0 Å². The maximum Gasteiger partial charge on any atom is 0.224 e. The number of aryl methyl sites for hydroxylation is 1. The van der Waals surface area contributed by atoms with E-state index in [1.807, 2.05) is 49.4 Å². The minimum Gasteiger partial charge on any atom is -0.493 e. The van der Waals surface area contributed by atoms with Crippen LogP contribution in [0.15, 0.2) is 48.5 Å². The van der Waals surface area contributed by atoms with Crippen LogP contribution in [-0.2, 0) is 21.2 Å². The van der Waals surface area contributed by atoms with Crippen molar-refractivity contribution >= 4 is 15.9 Å². The Morgan fingerprint density at radius 3 is 2.55 bits per heavy atom. The lowest BCUT2D eigenvalue weighted by Gasteiger charge is -2.32. The third-order valence-electron chi connectivity index (χ3n) is 6.13. The lowest BCUT2D eigenvalue weighted by Crippen LogP contribution is -2.46. The van der Waals surface area contributed by atoms with Crippen LogP contribution in [0.1, 0.15) is 43.4 Å². The van der Waals surface area contributed by atoms with Crippen molar-refractivity contribution in [3.05, 3.63) is 59.7 Å². The number of rotatable bonds is 10. The molecule has 1 N–H and O–H groups in total. The zero-order valence-electron chi connectivity index (χ0n) is 19.6. The third-order valence-corrected chi connectivity index (χ3v) is 8.05. The molecule has 2 aromatic rings. The summed E-state index contributed by atoms with van der Waals surface area (Å²) in [6, 6.07) is 15.2. The Hall–Kier alpha value is -2.58. The highest BCUT2D eigenvalue weighted by molar-refractivity contribution is 7.89. The second-order valence-corrected chi connectivity index (χ2v) is 10.5. The first-order valence-corrected chi connectivity index (χ1v) is 13.0. The molecular formula is C25H34N2O5S. The van der Waals surface area contributed by atoms with E-state index in [2.05, 4.69) is 5.32 Å². The highest BCUT2D eigenvalue weighted by Gasteiger charge is 2.32. The van der Waals surface area contributed by atoms with Crippen LogP contribution >= 0.6 is 0 Å². The lowest BCUT2D eigenvalue weighted by molar-refractivity contribution is -0.126. The monoisotopic (exact) mass is 474 g/mol. The fraction of sp³-hybridized carbons (Fsp3) is 0.480. The molecular weight excluding hydrogens is 440 g/mol. The quantitative estimate of drug-likeness (QED) is 0.569. The molecule has 2 aromatic carbocycles. The summed E-state index contributed by atoms with van der Waals surface area (Å²) in [7, 11) is -0.246. The summed E-state index contributed by atoms with van der Waals surface area (Å²) in [5.74, 6) is 0.839. The smallest absolute Gasteiger partial charge is 0.224 e. The molecule has 8 heteroatoms. The predicted molar refractivity (Wildman–Crippen MR) is 129 cm³/mol. The van der Waals surface area contributed by atoms with Crippen LogP contribution in [-0.4, -0.2) is 51.7 Å². The molecule has 1 saturated heterocycles. The second kappa shape index (κ2) is 11.5. The molecule has 33 heavy (non-hydrogen) atoms. The normalized spacial score (nSPS) is 17.8. The van der Waals surface area contributed by atoms with E-state index < -0.39 is 10.0 Å². The summed E-state index contributed by atoms with van der Waals surface area (Å²) in [5, 5.41) is 3.03. The van der Waals surface area contributed by atoms with Gasteiger partial charge in [0.15, 0.2) is 11.5 Å². The van der Waals surface area contributed by atoms with E-state index in [1.54, 1.807) is 20.3 Å². The third kappa shape index (κ3) is 6.71. The van der Waals surface area contributed by atoms with Gasteiger partial charge in [0, 0.05) is 13.1 Å². The number of carbonyl (C=O) groups is 1. The number of benzene rings is 2. The molecule has 0 radical (unpaired) electrons. The summed E-state index contributed by atoms with van der Waals surface area (Å²) >= 11 is 0. The molecule has 1 aliphatic heterocycles. The number of piperidine rings is 1. The second-order valence-electron chi connectivity index (χ2n) is 8.45. The van der Waals surface area contributed by atoms with Crippen LogP contribution in [0.25, 0.3) is 0 Å². The zero-order chi connectivity index (χ0) is 23.8. The van der Waals surface area contributed by atoms with E-state index in [-0.39, 0.29) is 30.2 Å². The number of methoxy groups -OCH3 is 2. The highest BCUT2D eigenvalue weighted by atomic mass is 32.2. The first-order chi connectivity index (χ1) is 15.8. The van der Waals surface area contributed by atoms with Gasteiger partial charge in [0.25, 0.3) is 0 Å². The van der Waals surface area contributed by atoms with E-state index in [0.717, 1.165) is 17.5 Å². The fourth-order valence-corrected chi connectivity index (χ4v) is 5.76. The molecule has 0 spiro atoms. The average Bonchev–Trinajstić information content (AvgIpc) is 2.84. The maximum atomic E-state index is 12.9. The number of nitrogens with one attached hydrogen (secondary N) is 1. The SMILES string of the molecule is COc1ccc([C@H](C)NC(=O)[C@@H]2CCCN(S(=O)(=O)CCCc3ccccc3)C2)cc1OC. The van der Waals surface area contributed by atoms with Crippen LogP contribution in [0, 0.1) is 5.92 Å². The molecule has 1 aliphatic rings. The zero-order valence-corrected chi connectivity index (χ0v) is 20.4.